The van der Waals surface area contributed by atoms with Crippen LogP contribution >= 0.6 is 0 Å². The lowest BCUT2D eigenvalue weighted by molar-refractivity contribution is 0.0974. The fourth-order valence-corrected chi connectivity index (χ4v) is 3.64. The third-order valence-electron chi connectivity index (χ3n) is 4.81. The third kappa shape index (κ3) is 1.54. The molecule has 0 atom stereocenters. The number of carbonyl (C=O) groups excluding carboxylic acids is 1. The summed E-state index contributed by atoms with van der Waals surface area (Å²) in [7, 11) is 0. The molecule has 3 nitrogen and oxygen atoms in total. The van der Waals surface area contributed by atoms with Crippen molar-refractivity contribution < 1.29 is 4.79 Å². The molecule has 0 spiro atoms. The summed E-state index contributed by atoms with van der Waals surface area (Å²) in [5.41, 5.74) is 4.23. The van der Waals surface area contributed by atoms with Crippen LogP contribution in [-0.2, 0) is 6.42 Å². The van der Waals surface area contributed by atoms with E-state index < -0.39 is 0 Å². The summed E-state index contributed by atoms with van der Waals surface area (Å²) >= 11 is 0. The van der Waals surface area contributed by atoms with Crippen LogP contribution in [0.15, 0.2) is 30.3 Å². The SMILES string of the molecule is O=C1CCCc2nn3c(C4CC4)cc4ccccc4c3c21. The molecule has 3 aromatic rings. The van der Waals surface area contributed by atoms with E-state index in [1.165, 1.54) is 23.9 Å². The molecule has 3 heteroatoms. The Hall–Kier alpha value is -2.16. The number of hydrogen-bond acceptors (Lipinski definition) is 2. The van der Waals surface area contributed by atoms with Gasteiger partial charge in [0, 0.05) is 23.4 Å². The monoisotopic (exact) mass is 276 g/mol. The van der Waals surface area contributed by atoms with Gasteiger partial charge in [-0.05, 0) is 37.1 Å². The minimum absolute atomic E-state index is 0.268. The normalized spacial score (nSPS) is 18.4. The lowest BCUT2D eigenvalue weighted by Crippen LogP contribution is -2.09. The summed E-state index contributed by atoms with van der Waals surface area (Å²) in [4.78, 5) is 12.4. The van der Waals surface area contributed by atoms with Gasteiger partial charge in [0.15, 0.2) is 5.78 Å². The Balaban J connectivity index is 2.00. The average molecular weight is 276 g/mol. The quantitative estimate of drug-likeness (QED) is 0.676. The Kier molecular flexibility index (Phi) is 2.16. The molecule has 1 saturated carbocycles. The van der Waals surface area contributed by atoms with Gasteiger partial charge in [0.05, 0.1) is 16.8 Å². The fraction of sp³-hybridized carbons (Fsp3) is 0.333. The number of hydrogen-bond donors (Lipinski definition) is 0. The van der Waals surface area contributed by atoms with Gasteiger partial charge >= 0.3 is 0 Å². The van der Waals surface area contributed by atoms with Gasteiger partial charge in [-0.3, -0.25) is 4.79 Å². The van der Waals surface area contributed by atoms with Crippen LogP contribution in [0.5, 0.6) is 0 Å². The number of fused-ring (bicyclic) bond motifs is 5. The van der Waals surface area contributed by atoms with Crippen molar-refractivity contribution in [3.05, 3.63) is 47.3 Å². The second-order valence-electron chi connectivity index (χ2n) is 6.29. The first-order chi connectivity index (χ1) is 10.3. The van der Waals surface area contributed by atoms with Gasteiger partial charge in [-0.1, -0.05) is 24.3 Å². The van der Waals surface area contributed by atoms with Crippen LogP contribution in [0.25, 0.3) is 16.3 Å². The summed E-state index contributed by atoms with van der Waals surface area (Å²) in [5.74, 6) is 0.887. The maximum Gasteiger partial charge on any atom is 0.166 e. The van der Waals surface area contributed by atoms with E-state index in [2.05, 4.69) is 28.8 Å². The van der Waals surface area contributed by atoms with Crippen molar-refractivity contribution in [2.24, 2.45) is 0 Å². The Bertz CT molecular complexity index is 902. The third-order valence-corrected chi connectivity index (χ3v) is 4.81. The molecule has 0 bridgehead atoms. The van der Waals surface area contributed by atoms with E-state index in [9.17, 15) is 4.79 Å². The maximum atomic E-state index is 12.4. The zero-order valence-corrected chi connectivity index (χ0v) is 11.8. The van der Waals surface area contributed by atoms with Crippen molar-refractivity contribution >= 4 is 22.1 Å². The van der Waals surface area contributed by atoms with Crippen LogP contribution in [0.4, 0.5) is 0 Å². The second kappa shape index (κ2) is 3.94. The zero-order valence-electron chi connectivity index (χ0n) is 11.8. The summed E-state index contributed by atoms with van der Waals surface area (Å²) < 4.78 is 2.08. The van der Waals surface area contributed by atoms with E-state index in [4.69, 9.17) is 5.10 Å². The molecule has 0 aliphatic heterocycles. The molecule has 2 aliphatic rings. The van der Waals surface area contributed by atoms with Crippen molar-refractivity contribution in [2.75, 3.05) is 0 Å². The molecule has 0 unspecified atom stereocenters. The number of rotatable bonds is 1. The van der Waals surface area contributed by atoms with E-state index in [0.717, 1.165) is 35.0 Å². The number of Topliss-reactive ketones (excluding diaryl/α,β-unsaturated/α-hetero) is 1. The maximum absolute atomic E-state index is 12.4. The van der Waals surface area contributed by atoms with Crippen LogP contribution in [-0.4, -0.2) is 15.4 Å². The lowest BCUT2D eigenvalue weighted by atomic mass is 9.94. The standard InChI is InChI=1S/C18H16N2O/c21-16-7-3-6-14-17(16)18-13-5-2-1-4-12(13)10-15(11-8-9-11)20(18)19-14/h1-2,4-5,10-11H,3,6-9H2. The second-order valence-corrected chi connectivity index (χ2v) is 6.29. The molecular weight excluding hydrogens is 260 g/mol. The number of benzene rings is 1. The molecule has 0 radical (unpaired) electrons. The van der Waals surface area contributed by atoms with Crippen molar-refractivity contribution in [2.45, 2.75) is 38.0 Å². The summed E-state index contributed by atoms with van der Waals surface area (Å²) in [6.45, 7) is 0. The fourth-order valence-electron chi connectivity index (χ4n) is 3.64. The largest absolute Gasteiger partial charge is 0.294 e. The highest BCUT2D eigenvalue weighted by molar-refractivity contribution is 6.11. The van der Waals surface area contributed by atoms with Crippen LogP contribution in [0.2, 0.25) is 0 Å². The minimum Gasteiger partial charge on any atom is -0.294 e. The number of aromatic nitrogens is 2. The van der Waals surface area contributed by atoms with Gasteiger partial charge in [0.25, 0.3) is 0 Å². The van der Waals surface area contributed by atoms with E-state index in [-0.39, 0.29) is 5.78 Å². The highest BCUT2D eigenvalue weighted by Crippen LogP contribution is 2.42. The molecule has 0 saturated heterocycles. The minimum atomic E-state index is 0.268. The van der Waals surface area contributed by atoms with Crippen LogP contribution in [0.1, 0.15) is 53.3 Å². The summed E-state index contributed by atoms with van der Waals surface area (Å²) in [5, 5.41) is 7.20. The predicted molar refractivity (Wildman–Crippen MR) is 81.9 cm³/mol. The Morgan fingerprint density at radius 2 is 2.00 bits per heavy atom. The van der Waals surface area contributed by atoms with Crippen molar-refractivity contribution in [1.82, 2.24) is 9.61 Å². The lowest BCUT2D eigenvalue weighted by Gasteiger charge is -2.10. The molecule has 2 heterocycles. The van der Waals surface area contributed by atoms with E-state index in [1.807, 2.05) is 6.07 Å². The average Bonchev–Trinajstić information content (AvgIpc) is 3.26. The molecule has 21 heavy (non-hydrogen) atoms. The predicted octanol–water partition coefficient (Wildman–Crippen LogP) is 3.88. The van der Waals surface area contributed by atoms with Crippen LogP contribution in [0, 0.1) is 0 Å². The molecule has 5 rings (SSSR count). The van der Waals surface area contributed by atoms with Crippen molar-refractivity contribution in [3.8, 4) is 0 Å². The Morgan fingerprint density at radius 3 is 2.86 bits per heavy atom. The number of carbonyl (C=O) groups is 1. The van der Waals surface area contributed by atoms with E-state index in [1.54, 1.807) is 0 Å². The first kappa shape index (κ1) is 11.5. The smallest absolute Gasteiger partial charge is 0.166 e. The Labute approximate surface area is 122 Å². The van der Waals surface area contributed by atoms with Gasteiger partial charge in [0.1, 0.15) is 0 Å². The summed E-state index contributed by atoms with van der Waals surface area (Å²) in [6, 6.07) is 10.6. The molecule has 0 N–H and O–H groups in total. The van der Waals surface area contributed by atoms with Gasteiger partial charge in [-0.25, -0.2) is 4.52 Å². The van der Waals surface area contributed by atoms with Crippen LogP contribution < -0.4 is 0 Å². The van der Waals surface area contributed by atoms with Gasteiger partial charge in [-0.2, -0.15) is 5.10 Å². The summed E-state index contributed by atoms with van der Waals surface area (Å²) in [6.07, 6.45) is 5.02. The number of nitrogens with zero attached hydrogens (tertiary/aromatic N) is 2. The molecule has 1 fully saturated rings. The molecule has 2 aromatic heterocycles. The first-order valence-corrected chi connectivity index (χ1v) is 7.79. The zero-order chi connectivity index (χ0) is 14.0. The molecule has 1 aromatic carbocycles. The number of aryl methyl sites for hydroxylation is 1. The number of pyridine rings is 1. The topological polar surface area (TPSA) is 34.4 Å². The Morgan fingerprint density at radius 1 is 1.14 bits per heavy atom. The van der Waals surface area contributed by atoms with Crippen molar-refractivity contribution in [1.29, 1.82) is 0 Å². The first-order valence-electron chi connectivity index (χ1n) is 7.79. The van der Waals surface area contributed by atoms with Crippen LogP contribution in [0.3, 0.4) is 0 Å². The highest BCUT2D eigenvalue weighted by Gasteiger charge is 2.31. The molecule has 2 aliphatic carbocycles. The number of ketones is 1. The molecule has 0 amide bonds. The van der Waals surface area contributed by atoms with Crippen molar-refractivity contribution in [3.63, 3.8) is 0 Å². The van der Waals surface area contributed by atoms with E-state index in [0.29, 0.717) is 12.3 Å². The van der Waals surface area contributed by atoms with Gasteiger partial charge in [0.2, 0.25) is 0 Å². The van der Waals surface area contributed by atoms with Gasteiger partial charge in [-0.15, -0.1) is 0 Å². The van der Waals surface area contributed by atoms with E-state index >= 15 is 0 Å². The van der Waals surface area contributed by atoms with Gasteiger partial charge < -0.3 is 0 Å². The molecular formula is C18H16N2O. The highest BCUT2D eigenvalue weighted by atomic mass is 16.1. The molecule has 104 valence electrons.